The fourth-order valence-corrected chi connectivity index (χ4v) is 6.12. The molecule has 0 aliphatic carbocycles. The first kappa shape index (κ1) is 23.0. The van der Waals surface area contributed by atoms with E-state index in [2.05, 4.69) is 58.3 Å². The number of fused-ring (bicyclic) bond motifs is 6. The predicted octanol–water partition coefficient (Wildman–Crippen LogP) is 4.62. The summed E-state index contributed by atoms with van der Waals surface area (Å²) in [7, 11) is 0. The van der Waals surface area contributed by atoms with Crippen LogP contribution in [0.15, 0.2) is 59.8 Å². The normalized spacial score (nSPS) is 25.6. The highest BCUT2D eigenvalue weighted by molar-refractivity contribution is 9.10. The van der Waals surface area contributed by atoms with Crippen molar-refractivity contribution in [1.29, 1.82) is 0 Å². The van der Waals surface area contributed by atoms with Crippen LogP contribution in [0.5, 0.6) is 0 Å². The number of ether oxygens (including phenoxy) is 2. The summed E-state index contributed by atoms with van der Waals surface area (Å²) in [6, 6.07) is 14.1. The molecule has 37 heavy (non-hydrogen) atoms. The molecule has 8 nitrogen and oxygen atoms in total. The lowest BCUT2D eigenvalue weighted by Gasteiger charge is -2.52. The van der Waals surface area contributed by atoms with Gasteiger partial charge in [-0.2, -0.15) is 0 Å². The van der Waals surface area contributed by atoms with Crippen LogP contribution in [0.25, 0.3) is 27.9 Å². The standard InChI is InChI=1S/C15H15N3O.C13H12BrN3O/c1-2-10-3-4-14-11(5-10)7-16-15(17-14)18-12-6-13(18)9-19-8-12;14-9-1-2-12-8(3-9)5-15-13(16-12)17-10-4-11(17)7-18-6-10/h2-5,7,12-13H,1,6,8-9H2;1-3,5,10-11H,4,6-7H2/t12-,13+;. The molecule has 2 aromatic heterocycles. The molecule has 0 N–H and O–H groups in total. The van der Waals surface area contributed by atoms with Gasteiger partial charge in [0, 0.05) is 27.6 Å². The number of hydrogen-bond donors (Lipinski definition) is 0. The van der Waals surface area contributed by atoms with E-state index in [0.717, 1.165) is 70.2 Å². The summed E-state index contributed by atoms with van der Waals surface area (Å²) < 4.78 is 12.0. The van der Waals surface area contributed by atoms with Gasteiger partial charge in [-0.3, -0.25) is 0 Å². The molecule has 4 aromatic rings. The number of anilines is 2. The Bertz CT molecular complexity index is 1470. The number of halogens is 1. The second kappa shape index (κ2) is 9.31. The highest BCUT2D eigenvalue weighted by atomic mass is 79.9. The van der Waals surface area contributed by atoms with Gasteiger partial charge in [-0.25, -0.2) is 19.9 Å². The van der Waals surface area contributed by atoms with Crippen molar-refractivity contribution in [2.75, 3.05) is 36.2 Å². The SMILES string of the molecule is Brc1ccc2nc(N3C4COCC3C4)ncc2c1.C=Cc1ccc2nc(N3[C@@H]4COC[C@H]3C4)ncc2c1. The lowest BCUT2D eigenvalue weighted by Crippen LogP contribution is -2.64. The van der Waals surface area contributed by atoms with Crippen molar-refractivity contribution in [1.82, 2.24) is 19.9 Å². The highest BCUT2D eigenvalue weighted by Crippen LogP contribution is 2.35. The van der Waals surface area contributed by atoms with E-state index in [4.69, 9.17) is 9.47 Å². The molecule has 4 fully saturated rings. The molecule has 2 unspecified atom stereocenters. The maximum absolute atomic E-state index is 5.49. The van der Waals surface area contributed by atoms with Gasteiger partial charge in [0.25, 0.3) is 0 Å². The van der Waals surface area contributed by atoms with Gasteiger partial charge >= 0.3 is 0 Å². The van der Waals surface area contributed by atoms with E-state index in [1.54, 1.807) is 0 Å². The number of benzene rings is 2. The van der Waals surface area contributed by atoms with Crippen LogP contribution in [0.4, 0.5) is 11.9 Å². The predicted molar refractivity (Wildman–Crippen MR) is 148 cm³/mol. The van der Waals surface area contributed by atoms with Gasteiger partial charge in [0.15, 0.2) is 0 Å². The van der Waals surface area contributed by atoms with Crippen LogP contribution in [0.1, 0.15) is 18.4 Å². The monoisotopic (exact) mass is 558 g/mol. The van der Waals surface area contributed by atoms with Crippen molar-refractivity contribution in [2.24, 2.45) is 0 Å². The summed E-state index contributed by atoms with van der Waals surface area (Å²) in [5, 5.41) is 2.12. The van der Waals surface area contributed by atoms with Crippen LogP contribution in [0, 0.1) is 0 Å². The third kappa shape index (κ3) is 4.15. The molecule has 4 atom stereocenters. The quantitative estimate of drug-likeness (QED) is 0.360. The Morgan fingerprint density at radius 2 is 1.27 bits per heavy atom. The molecule has 4 aliphatic rings. The molecular formula is C28H27BrN6O2. The maximum atomic E-state index is 5.49. The van der Waals surface area contributed by atoms with Gasteiger partial charge < -0.3 is 19.3 Å². The molecular weight excluding hydrogens is 532 g/mol. The molecule has 9 heteroatoms. The third-order valence-electron chi connectivity index (χ3n) is 7.72. The van der Waals surface area contributed by atoms with E-state index < -0.39 is 0 Å². The Balaban J connectivity index is 0.000000125. The lowest BCUT2D eigenvalue weighted by molar-refractivity contribution is 0.00910. The van der Waals surface area contributed by atoms with Crippen LogP contribution in [-0.2, 0) is 9.47 Å². The zero-order valence-electron chi connectivity index (χ0n) is 20.3. The van der Waals surface area contributed by atoms with Gasteiger partial charge in [-0.1, -0.05) is 34.7 Å². The van der Waals surface area contributed by atoms with Crippen LogP contribution < -0.4 is 9.80 Å². The molecule has 2 aromatic carbocycles. The molecule has 0 amide bonds. The minimum Gasteiger partial charge on any atom is -0.377 e. The first-order chi connectivity index (χ1) is 18.2. The number of hydrogen-bond acceptors (Lipinski definition) is 8. The minimum atomic E-state index is 0.462. The minimum absolute atomic E-state index is 0.462. The first-order valence-corrected chi connectivity index (χ1v) is 13.5. The van der Waals surface area contributed by atoms with Crippen molar-refractivity contribution in [3.63, 3.8) is 0 Å². The number of aromatic nitrogens is 4. The average Bonchev–Trinajstić information content (AvgIpc) is 2.94. The molecule has 188 valence electrons. The van der Waals surface area contributed by atoms with Gasteiger partial charge in [0.1, 0.15) is 0 Å². The summed E-state index contributed by atoms with van der Waals surface area (Å²) in [6.45, 7) is 6.99. The van der Waals surface area contributed by atoms with E-state index in [1.807, 2.05) is 48.8 Å². The summed E-state index contributed by atoms with van der Waals surface area (Å²) in [6.07, 6.45) is 8.06. The van der Waals surface area contributed by atoms with Crippen LogP contribution in [-0.4, -0.2) is 70.5 Å². The molecule has 4 aliphatic heterocycles. The largest absolute Gasteiger partial charge is 0.377 e. The van der Waals surface area contributed by atoms with Gasteiger partial charge in [-0.05, 0) is 48.7 Å². The highest BCUT2D eigenvalue weighted by Gasteiger charge is 2.44. The zero-order chi connectivity index (χ0) is 24.9. The lowest BCUT2D eigenvalue weighted by atomic mass is 9.92. The maximum Gasteiger partial charge on any atom is 0.226 e. The second-order valence-corrected chi connectivity index (χ2v) is 11.0. The fourth-order valence-electron chi connectivity index (χ4n) is 5.74. The zero-order valence-corrected chi connectivity index (χ0v) is 21.9. The number of nitrogens with zero attached hydrogens (tertiary/aromatic N) is 6. The van der Waals surface area contributed by atoms with Gasteiger partial charge in [0.2, 0.25) is 11.9 Å². The first-order valence-electron chi connectivity index (χ1n) is 12.7. The molecule has 0 radical (unpaired) electrons. The fraction of sp³-hybridized carbons (Fsp3) is 0.357. The third-order valence-corrected chi connectivity index (χ3v) is 8.21. The summed E-state index contributed by atoms with van der Waals surface area (Å²) in [5.74, 6) is 1.68. The Labute approximate surface area is 223 Å². The van der Waals surface area contributed by atoms with Gasteiger partial charge in [-0.15, -0.1) is 0 Å². The smallest absolute Gasteiger partial charge is 0.226 e. The number of morpholine rings is 2. The summed E-state index contributed by atoms with van der Waals surface area (Å²) in [5.41, 5.74) is 3.08. The van der Waals surface area contributed by atoms with Gasteiger partial charge in [0.05, 0.1) is 61.6 Å². The Hall–Kier alpha value is -3.14. The molecule has 0 saturated carbocycles. The van der Waals surface area contributed by atoms with Crippen LogP contribution in [0.3, 0.4) is 0 Å². The summed E-state index contributed by atoms with van der Waals surface area (Å²) in [4.78, 5) is 22.9. The Morgan fingerprint density at radius 3 is 1.78 bits per heavy atom. The van der Waals surface area contributed by atoms with Crippen molar-refractivity contribution < 1.29 is 9.47 Å². The molecule has 8 rings (SSSR count). The Morgan fingerprint density at radius 1 is 0.757 bits per heavy atom. The van der Waals surface area contributed by atoms with E-state index in [0.29, 0.717) is 24.2 Å². The Kier molecular flexibility index (Phi) is 5.79. The van der Waals surface area contributed by atoms with E-state index >= 15 is 0 Å². The van der Waals surface area contributed by atoms with Crippen molar-refractivity contribution >= 4 is 55.7 Å². The molecule has 6 heterocycles. The van der Waals surface area contributed by atoms with Crippen LogP contribution in [0.2, 0.25) is 0 Å². The van der Waals surface area contributed by atoms with Crippen molar-refractivity contribution in [3.8, 4) is 0 Å². The molecule has 0 spiro atoms. The molecule has 4 saturated heterocycles. The topological polar surface area (TPSA) is 76.5 Å². The van der Waals surface area contributed by atoms with E-state index in [1.165, 1.54) is 12.8 Å². The average molecular weight is 559 g/mol. The second-order valence-electron chi connectivity index (χ2n) is 10.0. The number of rotatable bonds is 3. The van der Waals surface area contributed by atoms with E-state index in [9.17, 15) is 0 Å². The van der Waals surface area contributed by atoms with Crippen molar-refractivity contribution in [2.45, 2.75) is 37.0 Å². The molecule has 4 bridgehead atoms. The van der Waals surface area contributed by atoms with Crippen molar-refractivity contribution in [3.05, 3.63) is 65.4 Å². The van der Waals surface area contributed by atoms with Crippen LogP contribution >= 0.6 is 15.9 Å². The van der Waals surface area contributed by atoms with E-state index in [-0.39, 0.29) is 0 Å². The summed E-state index contributed by atoms with van der Waals surface area (Å²) >= 11 is 3.46.